The van der Waals surface area contributed by atoms with Crippen molar-refractivity contribution in [2.75, 3.05) is 10.6 Å². The van der Waals surface area contributed by atoms with Gasteiger partial charge >= 0.3 is 0 Å². The molecular formula is C20H25FN2O3S. The van der Waals surface area contributed by atoms with Crippen molar-refractivity contribution in [3.63, 3.8) is 0 Å². The normalized spacial score (nSPS) is 13.7. The maximum atomic E-state index is 13.2. The number of sulfonamides is 1. The van der Waals surface area contributed by atoms with Crippen molar-refractivity contribution in [2.45, 2.75) is 39.3 Å². The van der Waals surface area contributed by atoms with Crippen LogP contribution in [0.2, 0.25) is 0 Å². The van der Waals surface area contributed by atoms with E-state index in [1.54, 1.807) is 0 Å². The first kappa shape index (κ1) is 20.9. The minimum absolute atomic E-state index is 0.238. The zero-order valence-electron chi connectivity index (χ0n) is 15.9. The minimum atomic E-state index is -3.73. The number of benzene rings is 2. The third kappa shape index (κ3) is 5.29. The summed E-state index contributed by atoms with van der Waals surface area (Å²) in [6, 6.07) is 11.6. The highest BCUT2D eigenvalue weighted by Crippen LogP contribution is 2.22. The number of hydrogen-bond acceptors (Lipinski definition) is 3. The molecule has 5 nitrogen and oxygen atoms in total. The maximum absolute atomic E-state index is 13.2. The van der Waals surface area contributed by atoms with E-state index in [1.165, 1.54) is 24.6 Å². The second kappa shape index (κ2) is 8.52. The summed E-state index contributed by atoms with van der Waals surface area (Å²) in [5, 5.41) is 2.85. The molecule has 1 N–H and O–H groups in total. The van der Waals surface area contributed by atoms with Crippen LogP contribution in [-0.4, -0.2) is 26.6 Å². The van der Waals surface area contributed by atoms with E-state index in [1.807, 2.05) is 31.2 Å². The molecule has 0 heterocycles. The molecule has 0 aromatic heterocycles. The Hall–Kier alpha value is -2.41. The van der Waals surface area contributed by atoms with Gasteiger partial charge in [-0.2, -0.15) is 0 Å². The number of aryl methyl sites for hydroxylation is 1. The van der Waals surface area contributed by atoms with Crippen molar-refractivity contribution >= 4 is 21.6 Å². The van der Waals surface area contributed by atoms with Crippen LogP contribution in [0.15, 0.2) is 48.5 Å². The highest BCUT2D eigenvalue weighted by atomic mass is 32.2. The Morgan fingerprint density at radius 2 is 1.63 bits per heavy atom. The lowest BCUT2D eigenvalue weighted by Gasteiger charge is -2.29. The third-order valence-corrected chi connectivity index (χ3v) is 5.66. The second-order valence-electron chi connectivity index (χ2n) is 6.54. The van der Waals surface area contributed by atoms with Gasteiger partial charge in [-0.3, -0.25) is 9.10 Å². The van der Waals surface area contributed by atoms with Crippen molar-refractivity contribution in [1.82, 2.24) is 5.32 Å². The Balaban J connectivity index is 2.20. The van der Waals surface area contributed by atoms with Crippen LogP contribution in [0.1, 0.15) is 37.9 Å². The number of hydrogen-bond donors (Lipinski definition) is 1. The van der Waals surface area contributed by atoms with Crippen LogP contribution in [0.4, 0.5) is 10.1 Å². The molecule has 0 aliphatic rings. The molecule has 2 atom stereocenters. The summed E-state index contributed by atoms with van der Waals surface area (Å²) >= 11 is 0. The van der Waals surface area contributed by atoms with Gasteiger partial charge in [-0.05, 0) is 55.7 Å². The Morgan fingerprint density at radius 1 is 1.07 bits per heavy atom. The lowest BCUT2D eigenvalue weighted by Crippen LogP contribution is -2.48. The smallest absolute Gasteiger partial charge is 0.244 e. The zero-order chi connectivity index (χ0) is 20.2. The molecule has 0 radical (unpaired) electrons. The molecule has 0 saturated carbocycles. The van der Waals surface area contributed by atoms with Crippen LogP contribution >= 0.6 is 0 Å². The first-order valence-corrected chi connectivity index (χ1v) is 10.6. The van der Waals surface area contributed by atoms with Crippen molar-refractivity contribution in [3.05, 3.63) is 65.5 Å². The fourth-order valence-corrected chi connectivity index (χ4v) is 4.03. The van der Waals surface area contributed by atoms with Crippen LogP contribution in [0, 0.1) is 5.82 Å². The summed E-state index contributed by atoms with van der Waals surface area (Å²) < 4.78 is 38.6. The monoisotopic (exact) mass is 392 g/mol. The van der Waals surface area contributed by atoms with Gasteiger partial charge in [0.1, 0.15) is 11.9 Å². The summed E-state index contributed by atoms with van der Waals surface area (Å²) in [7, 11) is -3.73. The van der Waals surface area contributed by atoms with E-state index in [-0.39, 0.29) is 11.7 Å². The number of anilines is 1. The van der Waals surface area contributed by atoms with Gasteiger partial charge in [0.2, 0.25) is 15.9 Å². The molecule has 0 spiro atoms. The van der Waals surface area contributed by atoms with Gasteiger partial charge in [0.05, 0.1) is 18.0 Å². The van der Waals surface area contributed by atoms with Crippen LogP contribution in [0.25, 0.3) is 0 Å². The fraction of sp³-hybridized carbons (Fsp3) is 0.350. The number of nitrogens with zero attached hydrogens (tertiary/aromatic N) is 1. The van der Waals surface area contributed by atoms with Gasteiger partial charge in [0, 0.05) is 0 Å². The largest absolute Gasteiger partial charge is 0.348 e. The Bertz CT molecular complexity index is 880. The highest BCUT2D eigenvalue weighted by molar-refractivity contribution is 7.92. The molecule has 0 saturated heterocycles. The highest BCUT2D eigenvalue weighted by Gasteiger charge is 2.29. The number of amides is 1. The molecule has 7 heteroatoms. The Labute approximate surface area is 160 Å². The van der Waals surface area contributed by atoms with Crippen molar-refractivity contribution in [1.29, 1.82) is 0 Å². The Kier molecular flexibility index (Phi) is 6.59. The summed E-state index contributed by atoms with van der Waals surface area (Å²) in [4.78, 5) is 12.7. The molecule has 2 rings (SSSR count). The SMILES string of the molecule is CCc1ccc([C@H](C)NC(=O)[C@H](C)N(c2ccc(F)cc2)S(C)(=O)=O)cc1. The van der Waals surface area contributed by atoms with E-state index >= 15 is 0 Å². The first-order valence-electron chi connectivity index (χ1n) is 8.77. The minimum Gasteiger partial charge on any atom is -0.348 e. The van der Waals surface area contributed by atoms with Gasteiger partial charge in [-0.15, -0.1) is 0 Å². The molecule has 0 aliphatic carbocycles. The van der Waals surface area contributed by atoms with Crippen molar-refractivity contribution < 1.29 is 17.6 Å². The average Bonchev–Trinajstić information content (AvgIpc) is 2.62. The second-order valence-corrected chi connectivity index (χ2v) is 8.40. The van der Waals surface area contributed by atoms with Gasteiger partial charge in [-0.25, -0.2) is 12.8 Å². The number of carbonyl (C=O) groups excluding carboxylic acids is 1. The molecule has 2 aromatic carbocycles. The first-order chi connectivity index (χ1) is 12.6. The summed E-state index contributed by atoms with van der Waals surface area (Å²) in [6.07, 6.45) is 1.95. The quantitative estimate of drug-likeness (QED) is 0.785. The predicted octanol–water partition coefficient (Wildman–Crippen LogP) is 3.42. The number of halogens is 1. The third-order valence-electron chi connectivity index (χ3n) is 4.42. The number of nitrogens with one attached hydrogen (secondary N) is 1. The van der Waals surface area contributed by atoms with E-state index in [2.05, 4.69) is 12.2 Å². The molecule has 1 amide bonds. The van der Waals surface area contributed by atoms with E-state index in [0.717, 1.165) is 34.7 Å². The molecule has 0 aliphatic heterocycles. The molecule has 0 fully saturated rings. The van der Waals surface area contributed by atoms with Crippen molar-refractivity contribution in [3.8, 4) is 0 Å². The molecule has 27 heavy (non-hydrogen) atoms. The molecule has 146 valence electrons. The van der Waals surface area contributed by atoms with Gasteiger partial charge < -0.3 is 5.32 Å². The molecule has 0 bridgehead atoms. The van der Waals surface area contributed by atoms with Crippen molar-refractivity contribution in [2.24, 2.45) is 0 Å². The summed E-state index contributed by atoms with van der Waals surface area (Å²) in [6.45, 7) is 5.41. The number of rotatable bonds is 7. The van der Waals surface area contributed by atoms with Crippen LogP contribution in [-0.2, 0) is 21.2 Å². The van der Waals surface area contributed by atoms with Gasteiger partial charge in [0.15, 0.2) is 0 Å². The lowest BCUT2D eigenvalue weighted by molar-refractivity contribution is -0.122. The lowest BCUT2D eigenvalue weighted by atomic mass is 10.0. The topological polar surface area (TPSA) is 66.5 Å². The standard InChI is InChI=1S/C20H25FN2O3S/c1-5-16-6-8-17(9-7-16)14(2)22-20(24)15(3)23(27(4,25)26)19-12-10-18(21)11-13-19/h6-15H,5H2,1-4H3,(H,22,24)/t14-,15-/m0/s1. The van der Waals surface area contributed by atoms with E-state index < -0.39 is 27.8 Å². The van der Waals surface area contributed by atoms with Crippen LogP contribution in [0.5, 0.6) is 0 Å². The molecular weight excluding hydrogens is 367 g/mol. The van der Waals surface area contributed by atoms with E-state index in [4.69, 9.17) is 0 Å². The van der Waals surface area contributed by atoms with Gasteiger partial charge in [-0.1, -0.05) is 31.2 Å². The fourth-order valence-electron chi connectivity index (χ4n) is 2.86. The van der Waals surface area contributed by atoms with E-state index in [0.29, 0.717) is 0 Å². The van der Waals surface area contributed by atoms with E-state index in [9.17, 15) is 17.6 Å². The summed E-state index contributed by atoms with van der Waals surface area (Å²) in [5.41, 5.74) is 2.37. The van der Waals surface area contributed by atoms with Crippen LogP contribution in [0.3, 0.4) is 0 Å². The zero-order valence-corrected chi connectivity index (χ0v) is 16.8. The molecule has 0 unspecified atom stereocenters. The van der Waals surface area contributed by atoms with Gasteiger partial charge in [0.25, 0.3) is 0 Å². The predicted molar refractivity (Wildman–Crippen MR) is 106 cm³/mol. The van der Waals surface area contributed by atoms with Crippen LogP contribution < -0.4 is 9.62 Å². The molecule has 2 aromatic rings. The number of carbonyl (C=O) groups is 1. The maximum Gasteiger partial charge on any atom is 0.244 e. The summed E-state index contributed by atoms with van der Waals surface area (Å²) in [5.74, 6) is -0.912. The average molecular weight is 392 g/mol. The Morgan fingerprint density at radius 3 is 2.11 bits per heavy atom.